The third-order valence-electron chi connectivity index (χ3n) is 2.85. The first-order valence-electron chi connectivity index (χ1n) is 5.15. The molecule has 0 bridgehead atoms. The van der Waals surface area contributed by atoms with Gasteiger partial charge in [0.05, 0.1) is 0 Å². The summed E-state index contributed by atoms with van der Waals surface area (Å²) in [5, 5.41) is 8.74. The van der Waals surface area contributed by atoms with E-state index in [9.17, 15) is 4.79 Å². The summed E-state index contributed by atoms with van der Waals surface area (Å²) in [6.45, 7) is 8.37. The van der Waals surface area contributed by atoms with Crippen molar-refractivity contribution in [3.63, 3.8) is 0 Å². The van der Waals surface area contributed by atoms with E-state index in [1.165, 1.54) is 0 Å². The van der Waals surface area contributed by atoms with Crippen molar-refractivity contribution in [3.8, 4) is 0 Å². The van der Waals surface area contributed by atoms with E-state index in [1.807, 2.05) is 18.9 Å². The molecule has 0 saturated heterocycles. The number of carboxylic acid groups (broad SMARTS) is 1. The van der Waals surface area contributed by atoms with Crippen molar-refractivity contribution < 1.29 is 14.3 Å². The topological polar surface area (TPSA) is 66.6 Å². The van der Waals surface area contributed by atoms with Gasteiger partial charge in [-0.2, -0.15) is 4.98 Å². The summed E-state index contributed by atoms with van der Waals surface area (Å²) in [7, 11) is 1.84. The monoisotopic (exact) mass is 226 g/mol. The predicted molar refractivity (Wildman–Crippen MR) is 60.8 cm³/mol. The van der Waals surface area contributed by atoms with Gasteiger partial charge in [-0.3, -0.25) is 0 Å². The lowest BCUT2D eigenvalue weighted by Gasteiger charge is -2.34. The number of anilines is 1. The average Bonchev–Trinajstić information content (AvgIpc) is 2.62. The molecule has 1 unspecified atom stereocenters. The summed E-state index contributed by atoms with van der Waals surface area (Å²) < 4.78 is 5.14. The first-order valence-corrected chi connectivity index (χ1v) is 5.15. The molecule has 0 fully saturated rings. The Morgan fingerprint density at radius 3 is 2.50 bits per heavy atom. The maximum Gasteiger partial charge on any atom is 0.357 e. The van der Waals surface area contributed by atoms with Crippen LogP contribution in [0.5, 0.6) is 0 Å². The fraction of sp³-hybridized carbons (Fsp3) is 0.636. The van der Waals surface area contributed by atoms with Crippen molar-refractivity contribution in [2.24, 2.45) is 5.41 Å². The van der Waals surface area contributed by atoms with Crippen LogP contribution in [0.4, 0.5) is 6.01 Å². The Morgan fingerprint density at radius 2 is 2.12 bits per heavy atom. The largest absolute Gasteiger partial charge is 0.476 e. The minimum Gasteiger partial charge on any atom is -0.476 e. The van der Waals surface area contributed by atoms with Crippen LogP contribution in [0.15, 0.2) is 10.7 Å². The van der Waals surface area contributed by atoms with Gasteiger partial charge in [-0.1, -0.05) is 20.8 Å². The molecule has 90 valence electrons. The van der Waals surface area contributed by atoms with Gasteiger partial charge >= 0.3 is 5.97 Å². The van der Waals surface area contributed by atoms with Crippen molar-refractivity contribution in [3.05, 3.63) is 12.0 Å². The molecule has 0 spiro atoms. The van der Waals surface area contributed by atoms with Gasteiger partial charge in [-0.05, 0) is 12.3 Å². The van der Waals surface area contributed by atoms with Crippen molar-refractivity contribution in [2.45, 2.75) is 33.7 Å². The molecule has 0 aliphatic rings. The zero-order valence-corrected chi connectivity index (χ0v) is 10.3. The van der Waals surface area contributed by atoms with Crippen LogP contribution in [0, 0.1) is 5.41 Å². The highest BCUT2D eigenvalue weighted by Crippen LogP contribution is 2.26. The number of carbonyl (C=O) groups is 1. The lowest BCUT2D eigenvalue weighted by atomic mass is 9.87. The maximum absolute atomic E-state index is 10.7. The lowest BCUT2D eigenvalue weighted by Crippen LogP contribution is -2.39. The lowest BCUT2D eigenvalue weighted by molar-refractivity contribution is 0.0690. The summed E-state index contributed by atoms with van der Waals surface area (Å²) in [6.07, 6.45) is 1.16. The molecule has 5 heteroatoms. The van der Waals surface area contributed by atoms with Gasteiger partial charge in [-0.25, -0.2) is 4.79 Å². The van der Waals surface area contributed by atoms with Gasteiger partial charge in [0, 0.05) is 13.1 Å². The van der Waals surface area contributed by atoms with Crippen LogP contribution in [0.25, 0.3) is 0 Å². The van der Waals surface area contributed by atoms with Crippen molar-refractivity contribution in [2.75, 3.05) is 11.9 Å². The Kier molecular flexibility index (Phi) is 3.26. The standard InChI is InChI=1S/C11H18N2O3/c1-7(11(2,3)4)13(5)10-12-8(6-16-10)9(14)15/h6-7H,1-5H3,(H,14,15). The minimum absolute atomic E-state index is 0.0621. The van der Waals surface area contributed by atoms with E-state index in [4.69, 9.17) is 9.52 Å². The third-order valence-corrected chi connectivity index (χ3v) is 2.85. The van der Waals surface area contributed by atoms with Crippen molar-refractivity contribution >= 4 is 12.0 Å². The smallest absolute Gasteiger partial charge is 0.357 e. The highest BCUT2D eigenvalue weighted by Gasteiger charge is 2.27. The van der Waals surface area contributed by atoms with E-state index in [1.54, 1.807) is 0 Å². The first kappa shape index (κ1) is 12.5. The van der Waals surface area contributed by atoms with Crippen LogP contribution in [-0.2, 0) is 0 Å². The predicted octanol–water partition coefficient (Wildman–Crippen LogP) is 2.24. The van der Waals surface area contributed by atoms with E-state index >= 15 is 0 Å². The first-order chi connectivity index (χ1) is 7.23. The number of hydrogen-bond donors (Lipinski definition) is 1. The van der Waals surface area contributed by atoms with Crippen LogP contribution < -0.4 is 4.90 Å². The van der Waals surface area contributed by atoms with Crippen LogP contribution in [0.2, 0.25) is 0 Å². The number of rotatable bonds is 3. The maximum atomic E-state index is 10.7. The second-order valence-corrected chi connectivity index (χ2v) is 4.97. The Balaban J connectivity index is 2.88. The molecule has 16 heavy (non-hydrogen) atoms. The van der Waals surface area contributed by atoms with Crippen LogP contribution in [0.1, 0.15) is 38.2 Å². The molecule has 0 saturated carbocycles. The van der Waals surface area contributed by atoms with E-state index in [0.29, 0.717) is 6.01 Å². The summed E-state index contributed by atoms with van der Waals surface area (Å²) in [5.41, 5.74) is -0.00459. The Bertz CT molecular complexity index is 379. The van der Waals surface area contributed by atoms with Gasteiger partial charge in [0.1, 0.15) is 6.26 Å². The number of carboxylic acids is 1. The molecular formula is C11H18N2O3. The van der Waals surface area contributed by atoms with Crippen LogP contribution in [0.3, 0.4) is 0 Å². The fourth-order valence-corrected chi connectivity index (χ4v) is 1.27. The van der Waals surface area contributed by atoms with Crippen molar-refractivity contribution in [1.29, 1.82) is 0 Å². The number of aromatic nitrogens is 1. The van der Waals surface area contributed by atoms with Crippen molar-refractivity contribution in [1.82, 2.24) is 4.98 Å². The quantitative estimate of drug-likeness (QED) is 0.856. The molecule has 1 N–H and O–H groups in total. The Morgan fingerprint density at radius 1 is 1.56 bits per heavy atom. The third kappa shape index (κ3) is 2.53. The summed E-state index contributed by atoms with van der Waals surface area (Å²) in [6, 6.07) is 0.521. The van der Waals surface area contributed by atoms with E-state index < -0.39 is 5.97 Å². The van der Waals surface area contributed by atoms with E-state index in [0.717, 1.165) is 6.26 Å². The van der Waals surface area contributed by atoms with Gasteiger partial charge in [0.15, 0.2) is 5.69 Å². The molecule has 1 aromatic rings. The summed E-state index contributed by atoms with van der Waals surface area (Å²) in [4.78, 5) is 16.4. The minimum atomic E-state index is -1.08. The van der Waals surface area contributed by atoms with E-state index in [-0.39, 0.29) is 17.2 Å². The molecule has 0 radical (unpaired) electrons. The Labute approximate surface area is 95.1 Å². The zero-order chi connectivity index (χ0) is 12.5. The fourth-order valence-electron chi connectivity index (χ4n) is 1.27. The van der Waals surface area contributed by atoms with Gasteiger partial charge in [0.2, 0.25) is 0 Å². The molecule has 0 aliphatic carbocycles. The average molecular weight is 226 g/mol. The zero-order valence-electron chi connectivity index (χ0n) is 10.3. The highest BCUT2D eigenvalue weighted by molar-refractivity contribution is 5.85. The normalized spacial score (nSPS) is 13.6. The van der Waals surface area contributed by atoms with E-state index in [2.05, 4.69) is 25.8 Å². The molecule has 1 heterocycles. The second-order valence-electron chi connectivity index (χ2n) is 4.97. The molecule has 5 nitrogen and oxygen atoms in total. The second kappa shape index (κ2) is 4.15. The number of oxazole rings is 1. The molecular weight excluding hydrogens is 208 g/mol. The number of hydrogen-bond acceptors (Lipinski definition) is 4. The molecule has 0 aromatic carbocycles. The molecule has 1 atom stereocenters. The summed E-state index contributed by atoms with van der Waals surface area (Å²) >= 11 is 0. The van der Waals surface area contributed by atoms with Crippen LogP contribution in [-0.4, -0.2) is 29.1 Å². The molecule has 1 aromatic heterocycles. The number of aromatic carboxylic acids is 1. The van der Waals surface area contributed by atoms with Crippen LogP contribution >= 0.6 is 0 Å². The summed E-state index contributed by atoms with van der Waals surface area (Å²) in [5.74, 6) is -1.08. The van der Waals surface area contributed by atoms with Gasteiger partial charge < -0.3 is 14.4 Å². The molecule has 0 amide bonds. The SMILES string of the molecule is CC(N(C)c1nc(C(=O)O)co1)C(C)(C)C. The van der Waals surface area contributed by atoms with Gasteiger partial charge in [-0.15, -0.1) is 0 Å². The van der Waals surface area contributed by atoms with Gasteiger partial charge in [0.25, 0.3) is 6.01 Å². The molecule has 1 rings (SSSR count). The molecule has 0 aliphatic heterocycles. The number of nitrogens with zero attached hydrogens (tertiary/aromatic N) is 2. The Hall–Kier alpha value is -1.52. The highest BCUT2D eigenvalue weighted by atomic mass is 16.4.